The molecule has 0 radical (unpaired) electrons. The Morgan fingerprint density at radius 2 is 1.45 bits per heavy atom. The molecular weight excluding hydrogens is 1030 g/mol. The highest BCUT2D eigenvalue weighted by molar-refractivity contribution is 5.91. The van der Waals surface area contributed by atoms with Crippen molar-refractivity contribution in [3.05, 3.63) is 35.9 Å². The van der Waals surface area contributed by atoms with E-state index >= 15 is 0 Å². The third-order valence-corrected chi connectivity index (χ3v) is 14.7. The van der Waals surface area contributed by atoms with Crippen molar-refractivity contribution in [1.29, 1.82) is 0 Å². The van der Waals surface area contributed by atoms with Crippen molar-refractivity contribution >= 4 is 47.4 Å². The van der Waals surface area contributed by atoms with Gasteiger partial charge in [-0.05, 0) is 69.4 Å². The number of amides is 6. The second-order valence-corrected chi connectivity index (χ2v) is 21.2. The molecule has 12 atom stereocenters. The van der Waals surface area contributed by atoms with Crippen molar-refractivity contribution in [3.63, 3.8) is 0 Å². The van der Waals surface area contributed by atoms with Crippen LogP contribution < -0.4 is 26.6 Å². The molecule has 1 heterocycles. The lowest BCUT2D eigenvalue weighted by atomic mass is 9.89. The van der Waals surface area contributed by atoms with E-state index in [1.165, 1.54) is 28.3 Å². The van der Waals surface area contributed by atoms with E-state index in [0.717, 1.165) is 5.56 Å². The van der Waals surface area contributed by atoms with Gasteiger partial charge in [0.15, 0.2) is 6.29 Å². The average molecular weight is 1140 g/mol. The molecule has 2 unspecified atom stereocenters. The molecule has 0 spiro atoms. The molecule has 0 bridgehead atoms. The zero-order valence-corrected chi connectivity index (χ0v) is 49.6. The van der Waals surface area contributed by atoms with Crippen molar-refractivity contribution in [2.75, 3.05) is 68.3 Å². The molecule has 1 aromatic rings. The predicted octanol–water partition coefficient (Wildman–Crippen LogP) is 3.68. The Hall–Kier alpha value is -5.26. The standard InChI is InChI=1S/C57H97N7O15.CH4/c1-15-37(7)51(63(11)56(72)50(36(5)6)62-55(71)49(58-10)35(3)4)44(74-12)32-46(67)64-29-21-25-43(64)52(76-14)38(8)53(69)61-42(31-40-23-18-17-19-24-40)54(70)59-28-22-30-77-57(73)39(9)60-45(66)26-20-27-47(68)78-34-48(75-13)79-41(16-2)33-65;/h17-19,23-24,35-39,41-44,48-52,58,65H,15-16,20-22,25-34H2,1-14H3,(H,59,70)(H,60,66)(H,61,69)(H,62,71);1H4/t37-,38+,39-,41?,42-,43-,44+,48?,49-,50-,51-,52+;/m0./s1. The van der Waals surface area contributed by atoms with Crippen LogP contribution in [0.4, 0.5) is 0 Å². The number of aliphatic hydroxyl groups excluding tert-OH is 1. The molecular formula is C58H101N7O15. The largest absolute Gasteiger partial charge is 0.464 e. The summed E-state index contributed by atoms with van der Waals surface area (Å²) in [4.78, 5) is 111. The number of aliphatic hydroxyl groups is 1. The number of ether oxygens (including phenoxy) is 6. The molecule has 6 N–H and O–H groups in total. The maximum atomic E-state index is 14.5. The van der Waals surface area contributed by atoms with Gasteiger partial charge in [-0.25, -0.2) is 4.79 Å². The lowest BCUT2D eigenvalue weighted by molar-refractivity contribution is -0.194. The number of benzene rings is 1. The van der Waals surface area contributed by atoms with Crippen LogP contribution in [0.5, 0.6) is 0 Å². The van der Waals surface area contributed by atoms with Gasteiger partial charge in [0.25, 0.3) is 0 Å². The molecule has 6 amide bonds. The number of likely N-dealkylation sites (tertiary alicyclic amines) is 1. The van der Waals surface area contributed by atoms with Crippen LogP contribution in [0.3, 0.4) is 0 Å². The lowest BCUT2D eigenvalue weighted by Gasteiger charge is -2.41. The molecule has 1 saturated heterocycles. The minimum atomic E-state index is -0.999. The first-order valence-corrected chi connectivity index (χ1v) is 28.2. The zero-order valence-electron chi connectivity index (χ0n) is 49.6. The van der Waals surface area contributed by atoms with Gasteiger partial charge in [0, 0.05) is 60.7 Å². The summed E-state index contributed by atoms with van der Waals surface area (Å²) >= 11 is 0. The second kappa shape index (κ2) is 38.4. The molecule has 22 nitrogen and oxygen atoms in total. The Balaban J connectivity index is 0.0000320. The van der Waals surface area contributed by atoms with Gasteiger partial charge in [-0.1, -0.05) is 99.6 Å². The van der Waals surface area contributed by atoms with E-state index in [1.807, 2.05) is 78.8 Å². The normalized spacial score (nSPS) is 17.5. The van der Waals surface area contributed by atoms with Crippen molar-refractivity contribution in [2.45, 2.75) is 195 Å². The summed E-state index contributed by atoms with van der Waals surface area (Å²) in [5, 5.41) is 23.7. The fraction of sp³-hybridized carbons (Fsp3) is 0.759. The van der Waals surface area contributed by atoms with Crippen LogP contribution in [-0.2, 0) is 73.2 Å². The first-order valence-electron chi connectivity index (χ1n) is 28.2. The Morgan fingerprint density at radius 3 is 2.01 bits per heavy atom. The molecule has 0 aromatic heterocycles. The van der Waals surface area contributed by atoms with Gasteiger partial charge >= 0.3 is 11.9 Å². The number of rotatable bonds is 38. The quantitative estimate of drug-likeness (QED) is 0.0313. The number of nitrogens with zero attached hydrogens (tertiary/aromatic N) is 2. The summed E-state index contributed by atoms with van der Waals surface area (Å²) in [7, 11) is 7.82. The van der Waals surface area contributed by atoms with Gasteiger partial charge in [0.1, 0.15) is 24.7 Å². The zero-order chi connectivity index (χ0) is 59.4. The van der Waals surface area contributed by atoms with Gasteiger partial charge < -0.3 is 69.9 Å². The molecule has 458 valence electrons. The lowest BCUT2D eigenvalue weighted by Crippen LogP contribution is -2.59. The topological polar surface area (TPSA) is 279 Å². The van der Waals surface area contributed by atoms with E-state index in [4.69, 9.17) is 28.4 Å². The third-order valence-electron chi connectivity index (χ3n) is 14.7. The number of likely N-dealkylation sites (N-methyl/N-ethyl adjacent to an activating group) is 2. The first-order chi connectivity index (χ1) is 37.5. The number of esters is 2. The van der Waals surface area contributed by atoms with Crippen molar-refractivity contribution in [1.82, 2.24) is 36.4 Å². The smallest absolute Gasteiger partial charge is 0.328 e. The van der Waals surface area contributed by atoms with E-state index in [1.54, 1.807) is 30.8 Å². The van der Waals surface area contributed by atoms with Crippen LogP contribution in [0, 0.1) is 23.7 Å². The van der Waals surface area contributed by atoms with Gasteiger partial charge in [-0.15, -0.1) is 0 Å². The van der Waals surface area contributed by atoms with Crippen LogP contribution in [0.2, 0.25) is 0 Å². The maximum Gasteiger partial charge on any atom is 0.328 e. The van der Waals surface area contributed by atoms with Crippen molar-refractivity contribution < 1.29 is 71.9 Å². The molecule has 0 aliphatic carbocycles. The van der Waals surface area contributed by atoms with E-state index in [0.29, 0.717) is 32.2 Å². The number of methoxy groups -OCH3 is 3. The van der Waals surface area contributed by atoms with Crippen LogP contribution >= 0.6 is 0 Å². The molecule has 1 fully saturated rings. The Morgan fingerprint density at radius 1 is 0.787 bits per heavy atom. The molecule has 0 saturated carbocycles. The number of carbonyl (C=O) groups is 8. The van der Waals surface area contributed by atoms with Gasteiger partial charge in [0.05, 0.1) is 62.0 Å². The summed E-state index contributed by atoms with van der Waals surface area (Å²) < 4.78 is 33.3. The third kappa shape index (κ3) is 23.7. The minimum absolute atomic E-state index is 0. The number of hydrogen-bond acceptors (Lipinski definition) is 16. The Labute approximate surface area is 476 Å². The van der Waals surface area contributed by atoms with Gasteiger partial charge in [-0.2, -0.15) is 0 Å². The van der Waals surface area contributed by atoms with Crippen molar-refractivity contribution in [3.8, 4) is 0 Å². The number of carbonyl (C=O) groups excluding carboxylic acids is 8. The predicted molar refractivity (Wildman–Crippen MR) is 303 cm³/mol. The molecule has 2 rings (SSSR count). The Bertz CT molecular complexity index is 2030. The second-order valence-electron chi connectivity index (χ2n) is 21.2. The van der Waals surface area contributed by atoms with Crippen molar-refractivity contribution in [2.24, 2.45) is 23.7 Å². The summed E-state index contributed by atoms with van der Waals surface area (Å²) in [6.45, 7) is 16.7. The SMILES string of the molecule is C.CCC(CO)OC(COC(=O)CCCC(=O)N[C@@H](C)C(=O)OCCCNC(=O)[C@H](Cc1ccccc1)NC(=O)[C@H](C)[C@@H](OC)[C@@H]1CCCN1C(=O)C[C@@H](OC)[C@H]([C@@H](C)CC)N(C)C(=O)[C@@H](NC(=O)[C@@H](NC)C(C)C)C(C)C)OC. The van der Waals surface area contributed by atoms with Gasteiger partial charge in [-0.3, -0.25) is 33.6 Å². The Kier molecular flexibility index (Phi) is 35.0. The summed E-state index contributed by atoms with van der Waals surface area (Å²) in [6, 6.07) is 4.92. The van der Waals surface area contributed by atoms with E-state index < -0.39 is 96.4 Å². The van der Waals surface area contributed by atoms with Gasteiger partial charge in [0.2, 0.25) is 35.4 Å². The van der Waals surface area contributed by atoms with Crippen LogP contribution in [0.15, 0.2) is 30.3 Å². The van der Waals surface area contributed by atoms with E-state index in [9.17, 15) is 43.5 Å². The maximum absolute atomic E-state index is 14.5. The summed E-state index contributed by atoms with van der Waals surface area (Å²) in [6.07, 6.45) is 0.109. The molecule has 80 heavy (non-hydrogen) atoms. The highest BCUT2D eigenvalue weighted by atomic mass is 16.7. The number of hydrogen-bond donors (Lipinski definition) is 6. The fourth-order valence-electron chi connectivity index (χ4n) is 9.76. The van der Waals surface area contributed by atoms with E-state index in [2.05, 4.69) is 26.6 Å². The molecule has 1 aliphatic heterocycles. The minimum Gasteiger partial charge on any atom is -0.464 e. The molecule has 1 aromatic carbocycles. The molecule has 1 aliphatic rings. The molecule has 22 heteroatoms. The van der Waals surface area contributed by atoms with Crippen LogP contribution in [-0.4, -0.2) is 191 Å². The average Bonchev–Trinajstić information content (AvgIpc) is 3.91. The summed E-state index contributed by atoms with van der Waals surface area (Å²) in [5.74, 6) is -4.54. The monoisotopic (exact) mass is 1140 g/mol. The first kappa shape index (κ1) is 72.8. The van der Waals surface area contributed by atoms with Crippen LogP contribution in [0.1, 0.15) is 133 Å². The van der Waals surface area contributed by atoms with Crippen LogP contribution in [0.25, 0.3) is 0 Å². The summed E-state index contributed by atoms with van der Waals surface area (Å²) in [5.41, 5.74) is 0.802. The highest BCUT2D eigenvalue weighted by Crippen LogP contribution is 2.30. The highest BCUT2D eigenvalue weighted by Gasteiger charge is 2.43. The fourth-order valence-corrected chi connectivity index (χ4v) is 9.76. The van der Waals surface area contributed by atoms with E-state index in [-0.39, 0.29) is 108 Å². The number of nitrogens with one attached hydrogen (secondary N) is 5.